The van der Waals surface area contributed by atoms with Crippen LogP contribution in [-0.2, 0) is 25.4 Å². The van der Waals surface area contributed by atoms with Gasteiger partial charge in [-0.3, -0.25) is 9.48 Å². The summed E-state index contributed by atoms with van der Waals surface area (Å²) in [4.78, 5) is 52.6. The molecule has 0 radical (unpaired) electrons. The van der Waals surface area contributed by atoms with Gasteiger partial charge < -0.3 is 44.5 Å². The van der Waals surface area contributed by atoms with Gasteiger partial charge in [0, 0.05) is 52.4 Å². The van der Waals surface area contributed by atoms with Gasteiger partial charge in [-0.25, -0.2) is 23.1 Å². The van der Waals surface area contributed by atoms with Crippen molar-refractivity contribution in [3.8, 4) is 5.88 Å². The average molecular weight is 906 g/mol. The number of carbonyl (C=O) groups excluding carboxylic acids is 1. The van der Waals surface area contributed by atoms with Gasteiger partial charge in [-0.1, -0.05) is 6.58 Å². The number of imidazole rings is 2. The number of aromatic nitrogens is 12. The highest BCUT2D eigenvalue weighted by molar-refractivity contribution is 9.10. The topological polar surface area (TPSA) is 196 Å². The third-order valence-corrected chi connectivity index (χ3v) is 11.2. The van der Waals surface area contributed by atoms with Gasteiger partial charge in [-0.15, -0.1) is 5.10 Å². The zero-order valence-electron chi connectivity index (χ0n) is 33.4. The van der Waals surface area contributed by atoms with Crippen molar-refractivity contribution in [1.82, 2.24) is 69.1 Å². The molecule has 9 rings (SSSR count). The van der Waals surface area contributed by atoms with Crippen LogP contribution in [0.5, 0.6) is 5.88 Å². The van der Waals surface area contributed by atoms with Crippen LogP contribution in [0, 0.1) is 11.6 Å². The Morgan fingerprint density at radius 3 is 2.57 bits per heavy atom. The second-order valence-corrected chi connectivity index (χ2v) is 15.8. The fraction of sp³-hybridized carbons (Fsp3) is 0.378. The number of nitrogens with zero attached hydrogens (tertiary/aromatic N) is 15. The fourth-order valence-corrected chi connectivity index (χ4v) is 7.74. The molecule has 0 bridgehead atoms. The Labute approximate surface area is 353 Å². The number of fused-ring (bicyclic) bond motifs is 3. The number of nitrogens with one attached hydrogen (secondary N) is 3. The molecule has 20 nitrogen and oxygen atoms in total. The maximum Gasteiger partial charge on any atom is 0.256 e. The first-order valence-corrected chi connectivity index (χ1v) is 20.0. The lowest BCUT2D eigenvalue weighted by Gasteiger charge is -2.33. The number of benzene rings is 1. The highest BCUT2D eigenvalue weighted by atomic mass is 79.9. The molecule has 3 N–H and O–H groups in total. The first-order chi connectivity index (χ1) is 29.3. The van der Waals surface area contributed by atoms with Crippen LogP contribution >= 0.6 is 15.9 Å². The second-order valence-electron chi connectivity index (χ2n) is 15.0. The quantitative estimate of drug-likeness (QED) is 0.151. The zero-order chi connectivity index (χ0) is 42.7. The molecule has 2 fully saturated rings. The van der Waals surface area contributed by atoms with Gasteiger partial charge in [0.05, 0.1) is 61.5 Å². The summed E-state index contributed by atoms with van der Waals surface area (Å²) in [7, 11) is 7.09. The van der Waals surface area contributed by atoms with Crippen molar-refractivity contribution in [2.24, 2.45) is 14.1 Å². The summed E-state index contributed by atoms with van der Waals surface area (Å²) < 4.78 is 55.7. The van der Waals surface area contributed by atoms with E-state index in [4.69, 9.17) is 24.7 Å². The predicted molar refractivity (Wildman–Crippen MR) is 223 cm³/mol. The number of anilines is 5. The molecule has 2 aliphatic heterocycles. The van der Waals surface area contributed by atoms with E-state index in [1.165, 1.54) is 17.7 Å². The molecule has 0 saturated carbocycles. The third kappa shape index (κ3) is 7.60. The van der Waals surface area contributed by atoms with E-state index in [2.05, 4.69) is 68.1 Å². The molecule has 2 saturated heterocycles. The number of amides is 1. The van der Waals surface area contributed by atoms with E-state index >= 15 is 4.39 Å². The van der Waals surface area contributed by atoms with Crippen molar-refractivity contribution < 1.29 is 22.7 Å². The first kappa shape index (κ1) is 39.9. The first-order valence-electron chi connectivity index (χ1n) is 19.2. The van der Waals surface area contributed by atoms with Crippen molar-refractivity contribution in [2.75, 3.05) is 80.0 Å². The number of H-pyrrole nitrogens is 1. The molecule has 6 aromatic heterocycles. The van der Waals surface area contributed by atoms with Crippen LogP contribution in [0.3, 0.4) is 0 Å². The zero-order valence-corrected chi connectivity index (χ0v) is 35.0. The highest BCUT2D eigenvalue weighted by Crippen LogP contribution is 2.31. The summed E-state index contributed by atoms with van der Waals surface area (Å²) in [5, 5.41) is 14.8. The largest absolute Gasteiger partial charge is 0.478 e. The Bertz CT molecular complexity index is 2810. The Balaban J connectivity index is 0.982. The van der Waals surface area contributed by atoms with E-state index in [1.807, 2.05) is 7.05 Å². The summed E-state index contributed by atoms with van der Waals surface area (Å²) in [6.07, 6.45) is 3.42. The number of methoxy groups -OCH3 is 1. The molecule has 2 aliphatic rings. The summed E-state index contributed by atoms with van der Waals surface area (Å²) >= 11 is 3.55. The summed E-state index contributed by atoms with van der Waals surface area (Å²) in [5.74, 6) is -0.847. The van der Waals surface area contributed by atoms with Crippen LogP contribution < -0.4 is 30.1 Å². The highest BCUT2D eigenvalue weighted by Gasteiger charge is 2.37. The Kier molecular flexibility index (Phi) is 10.3. The van der Waals surface area contributed by atoms with Crippen LogP contribution in [0.25, 0.3) is 27.8 Å². The molecule has 0 spiro atoms. The molecule has 0 aliphatic carbocycles. The minimum absolute atomic E-state index is 0.0479. The van der Waals surface area contributed by atoms with Crippen molar-refractivity contribution >= 4 is 79.0 Å². The number of halogens is 4. The maximum atomic E-state index is 15.9. The predicted octanol–water partition coefficient (Wildman–Crippen LogP) is 2.86. The molecule has 7 aromatic rings. The van der Waals surface area contributed by atoms with Crippen molar-refractivity contribution in [3.05, 3.63) is 64.9 Å². The van der Waals surface area contributed by atoms with Gasteiger partial charge in [0.1, 0.15) is 23.2 Å². The number of aromatic amines is 1. The molecule has 1 aromatic carbocycles. The number of carbonyl (C=O) groups is 1. The SMILES string of the molecule is C=C(CN(Cc1nc2c(F)c(F)ccc2[nH]1)c1nc(N2CCN(C)CC2)nc2c(Br)cnn12)C(=O)N[C@@H]1CN(c2nc(Nc3cn(C)nc3OC)c3ncn(C)c3n2)C[C@H]1F. The van der Waals surface area contributed by atoms with Crippen molar-refractivity contribution in [2.45, 2.75) is 18.8 Å². The number of piperazine rings is 1. The van der Waals surface area contributed by atoms with Gasteiger partial charge in [0.15, 0.2) is 34.3 Å². The molecule has 318 valence electrons. The number of rotatable bonds is 12. The van der Waals surface area contributed by atoms with E-state index in [-0.39, 0.29) is 60.5 Å². The Morgan fingerprint density at radius 1 is 1.02 bits per heavy atom. The molecular weight excluding hydrogens is 865 g/mol. The van der Waals surface area contributed by atoms with Crippen LogP contribution in [0.1, 0.15) is 5.82 Å². The number of alkyl halides is 1. The average Bonchev–Trinajstić information content (AvgIpc) is 4.08. The van der Waals surface area contributed by atoms with E-state index in [9.17, 15) is 13.6 Å². The maximum absolute atomic E-state index is 15.9. The smallest absolute Gasteiger partial charge is 0.256 e. The summed E-state index contributed by atoms with van der Waals surface area (Å²) in [5.41, 5.74) is 2.16. The van der Waals surface area contributed by atoms with Crippen molar-refractivity contribution in [3.63, 3.8) is 0 Å². The van der Waals surface area contributed by atoms with E-state index in [0.717, 1.165) is 19.2 Å². The van der Waals surface area contributed by atoms with Gasteiger partial charge in [-0.05, 0) is 35.1 Å². The molecule has 0 unspecified atom stereocenters. The van der Waals surface area contributed by atoms with E-state index in [0.29, 0.717) is 57.7 Å². The molecule has 24 heteroatoms. The lowest BCUT2D eigenvalue weighted by Crippen LogP contribution is -2.45. The Hall–Kier alpha value is -6.56. The summed E-state index contributed by atoms with van der Waals surface area (Å²) in [6.45, 7) is 6.76. The van der Waals surface area contributed by atoms with E-state index in [1.54, 1.807) is 51.9 Å². The molecular formula is C37H40BrF3N18O2. The van der Waals surface area contributed by atoms with Gasteiger partial charge in [-0.2, -0.15) is 29.5 Å². The van der Waals surface area contributed by atoms with Gasteiger partial charge in [0.2, 0.25) is 23.8 Å². The minimum Gasteiger partial charge on any atom is -0.478 e. The number of hydrogen-bond acceptors (Lipinski definition) is 15. The molecule has 1 amide bonds. The second kappa shape index (κ2) is 15.8. The normalized spacial score (nSPS) is 17.2. The minimum atomic E-state index is -1.49. The van der Waals surface area contributed by atoms with Crippen LogP contribution in [0.15, 0.2) is 47.5 Å². The number of ether oxygens (including phenoxy) is 1. The molecule has 8 heterocycles. The molecule has 2 atom stereocenters. The monoisotopic (exact) mass is 904 g/mol. The molecule has 61 heavy (non-hydrogen) atoms. The van der Waals surface area contributed by atoms with Crippen LogP contribution in [0.2, 0.25) is 0 Å². The van der Waals surface area contributed by atoms with Crippen molar-refractivity contribution in [1.29, 1.82) is 0 Å². The Morgan fingerprint density at radius 2 is 1.79 bits per heavy atom. The summed E-state index contributed by atoms with van der Waals surface area (Å²) in [6, 6.07) is 1.46. The lowest BCUT2D eigenvalue weighted by atomic mass is 10.2. The van der Waals surface area contributed by atoms with E-state index < -0.39 is 29.8 Å². The number of hydrogen-bond donors (Lipinski definition) is 3. The number of likely N-dealkylation sites (N-methyl/N-ethyl adjacent to an activating group) is 1. The van der Waals surface area contributed by atoms with Gasteiger partial charge >= 0.3 is 0 Å². The lowest BCUT2D eigenvalue weighted by molar-refractivity contribution is -0.118. The van der Waals surface area contributed by atoms with Crippen LogP contribution in [0.4, 0.5) is 42.5 Å². The standard InChI is InChI=1S/C37H40BrF3N18O2/c1-19(33(60)46-24-16-57(14-22(24)40)35-48-30(29-32(50-35)54(3)18-42-29)45-25-15-55(4)52-34(25)61-5)13-58(17-26-44-23-7-6-21(39)27(41)28(23)47-26)37-51-36(56-10-8-53(2)9-11-56)49-31-20(38)12-43-59(31)37/h6-7,12,15,18,22,24H,1,8-11,13-14,16-17H2,2-5H3,(H,44,47)(H,46,60)(H,45,48,50)/t22-,24-/m1/s1. The van der Waals surface area contributed by atoms with Crippen LogP contribution in [-0.4, -0.2) is 142 Å². The number of aryl methyl sites for hydroxylation is 2. The fourth-order valence-electron chi connectivity index (χ4n) is 7.39. The third-order valence-electron chi connectivity index (χ3n) is 10.6. The van der Waals surface area contributed by atoms with Gasteiger partial charge in [0.25, 0.3) is 5.88 Å².